The number of carbonyl (C=O) groups excluding carboxylic acids is 1. The Labute approximate surface area is 111 Å². The first-order valence-corrected chi connectivity index (χ1v) is 2.92. The molecule has 0 radical (unpaired) electrons. The molecule has 0 rings (SSSR count). The van der Waals surface area contributed by atoms with Crippen LogP contribution < -0.4 is 51.4 Å². The number of ether oxygens (including phenoxy) is 1. The molecule has 0 fully saturated rings. The normalized spacial score (nSPS) is 6.60. The third kappa shape index (κ3) is 9.29. The van der Waals surface area contributed by atoms with Gasteiger partial charge in [0.05, 0.1) is 6.61 Å². The van der Waals surface area contributed by atoms with Gasteiger partial charge in [0, 0.05) is 0 Å². The van der Waals surface area contributed by atoms with Crippen LogP contribution in [-0.4, -0.2) is 18.1 Å². The quantitative estimate of drug-likeness (QED) is 0.242. The summed E-state index contributed by atoms with van der Waals surface area (Å²) in [7, 11) is 0. The molecule has 0 aliphatic carbocycles. The first-order chi connectivity index (χ1) is 3.68. The van der Waals surface area contributed by atoms with Gasteiger partial charge in [-0.15, -0.1) is 0 Å². The maximum absolute atomic E-state index is 10.3. The van der Waals surface area contributed by atoms with Crippen molar-refractivity contribution >= 4 is 21.9 Å². The molecule has 1 N–H and O–H groups in total. The van der Waals surface area contributed by atoms with Crippen LogP contribution in [0.2, 0.25) is 0 Å². The molecule has 0 aromatic rings. The Morgan fingerprint density at radius 2 is 2.10 bits per heavy atom. The molecule has 0 spiro atoms. The summed E-state index contributed by atoms with van der Waals surface area (Å²) < 4.78 is 4.47. The summed E-state index contributed by atoms with van der Waals surface area (Å²) >= 11 is 2.76. The standard InChI is InChI=1S/C5H6BrO2.K.H2O/c1-3-8-5(7)4(2)6;;/h2H,3H2,1H3;;1H2/q-1;+1;/p-1. The molecule has 0 unspecified atom stereocenters. The molecule has 54 valence electrons. The van der Waals surface area contributed by atoms with Crippen LogP contribution in [0.25, 0.3) is 0 Å². The van der Waals surface area contributed by atoms with Gasteiger partial charge < -0.3 is 15.0 Å². The second-order valence-electron chi connectivity index (χ2n) is 1.07. The Balaban J connectivity index is -0.000000245. The zero-order valence-electron chi connectivity index (χ0n) is 5.93. The second kappa shape index (κ2) is 10.3. The van der Waals surface area contributed by atoms with Gasteiger partial charge >= 0.3 is 51.4 Å². The van der Waals surface area contributed by atoms with Gasteiger partial charge in [0.1, 0.15) is 0 Å². The van der Waals surface area contributed by atoms with Gasteiger partial charge in [0.25, 0.3) is 0 Å². The number of esters is 1. The van der Waals surface area contributed by atoms with Crippen molar-refractivity contribution in [2.24, 2.45) is 0 Å². The Morgan fingerprint density at radius 3 is 2.20 bits per heavy atom. The van der Waals surface area contributed by atoms with Crippen LogP contribution in [0.4, 0.5) is 0 Å². The van der Waals surface area contributed by atoms with Gasteiger partial charge in [-0.1, -0.05) is 20.4 Å². The third-order valence-corrected chi connectivity index (χ3v) is 0.794. The number of rotatable bonds is 2. The van der Waals surface area contributed by atoms with Gasteiger partial charge in [0.15, 0.2) is 5.97 Å². The molecule has 0 saturated heterocycles. The Bertz CT molecular complexity index is 115. The minimum Gasteiger partial charge on any atom is -0.870 e. The van der Waals surface area contributed by atoms with E-state index in [4.69, 9.17) is 6.58 Å². The molecule has 0 aromatic heterocycles. The monoisotopic (exact) mass is 233 g/mol. The predicted molar refractivity (Wildman–Crippen MR) is 35.3 cm³/mol. The van der Waals surface area contributed by atoms with E-state index >= 15 is 0 Å². The van der Waals surface area contributed by atoms with E-state index in [9.17, 15) is 4.79 Å². The van der Waals surface area contributed by atoms with E-state index in [-0.39, 0.29) is 61.3 Å². The fourth-order valence-corrected chi connectivity index (χ4v) is 0.314. The van der Waals surface area contributed by atoms with Gasteiger partial charge in [0.2, 0.25) is 0 Å². The van der Waals surface area contributed by atoms with E-state index in [0.717, 1.165) is 0 Å². The smallest absolute Gasteiger partial charge is 0.870 e. The zero-order chi connectivity index (χ0) is 6.57. The first-order valence-electron chi connectivity index (χ1n) is 2.13. The van der Waals surface area contributed by atoms with E-state index in [1.807, 2.05) is 0 Å². The molecule has 0 amide bonds. The first kappa shape index (κ1) is 17.4. The molecular formula is C5H7BrKO3-. The minimum absolute atomic E-state index is 0. The number of hydrogen-bond donors (Lipinski definition) is 0. The molecule has 0 atom stereocenters. The van der Waals surface area contributed by atoms with E-state index in [2.05, 4.69) is 20.7 Å². The van der Waals surface area contributed by atoms with Crippen molar-refractivity contribution in [2.75, 3.05) is 6.61 Å². The molecule has 10 heavy (non-hydrogen) atoms. The minimum atomic E-state index is -0.507. The molecule has 0 heterocycles. The van der Waals surface area contributed by atoms with Crippen molar-refractivity contribution in [3.63, 3.8) is 0 Å². The van der Waals surface area contributed by atoms with Crippen LogP contribution in [0.3, 0.4) is 0 Å². The Morgan fingerprint density at radius 1 is 1.70 bits per heavy atom. The van der Waals surface area contributed by atoms with E-state index in [1.165, 1.54) is 0 Å². The summed E-state index contributed by atoms with van der Waals surface area (Å²) in [5.74, 6) is -0.507. The Kier molecular flexibility index (Phi) is 17.9. The number of hydrogen-bond acceptors (Lipinski definition) is 3. The maximum Gasteiger partial charge on any atom is 1.00 e. The average Bonchev–Trinajstić information content (AvgIpc) is 1.67. The van der Waals surface area contributed by atoms with Crippen molar-refractivity contribution in [3.05, 3.63) is 11.1 Å². The van der Waals surface area contributed by atoms with Crippen LogP contribution in [0.5, 0.6) is 0 Å². The fourth-order valence-electron chi connectivity index (χ4n) is 0.200. The van der Waals surface area contributed by atoms with E-state index in [0.29, 0.717) is 6.61 Å². The maximum atomic E-state index is 10.3. The SMILES string of the molecule is [CH-]=C(Br)C(=O)OCC.[K+].[OH-]. The molecule has 0 aliphatic heterocycles. The van der Waals surface area contributed by atoms with Gasteiger partial charge in [-0.3, -0.25) is 6.58 Å². The molecule has 0 bridgehead atoms. The summed E-state index contributed by atoms with van der Waals surface area (Å²) in [6.07, 6.45) is 0. The zero-order valence-corrected chi connectivity index (χ0v) is 10.6. The fraction of sp³-hybridized carbons (Fsp3) is 0.400. The van der Waals surface area contributed by atoms with Crippen LogP contribution in [0, 0.1) is 6.58 Å². The van der Waals surface area contributed by atoms with Crippen LogP contribution >= 0.6 is 15.9 Å². The van der Waals surface area contributed by atoms with Crippen LogP contribution in [0.1, 0.15) is 6.92 Å². The second-order valence-corrected chi connectivity index (χ2v) is 1.92. The van der Waals surface area contributed by atoms with Gasteiger partial charge in [-0.25, -0.2) is 0 Å². The van der Waals surface area contributed by atoms with E-state index < -0.39 is 5.97 Å². The molecule has 0 saturated carbocycles. The molecule has 5 heteroatoms. The van der Waals surface area contributed by atoms with Gasteiger partial charge in [-0.05, 0) is 6.92 Å². The van der Waals surface area contributed by atoms with E-state index in [1.54, 1.807) is 6.92 Å². The van der Waals surface area contributed by atoms with Crippen molar-refractivity contribution in [2.45, 2.75) is 6.92 Å². The van der Waals surface area contributed by atoms with Crippen LogP contribution in [0.15, 0.2) is 4.48 Å². The largest absolute Gasteiger partial charge is 1.00 e. The predicted octanol–water partition coefficient (Wildman–Crippen LogP) is -1.91. The summed E-state index contributed by atoms with van der Waals surface area (Å²) in [6, 6.07) is 0. The third-order valence-electron chi connectivity index (χ3n) is 0.470. The van der Waals surface area contributed by atoms with Crippen molar-refractivity contribution in [3.8, 4) is 0 Å². The van der Waals surface area contributed by atoms with Crippen molar-refractivity contribution in [1.29, 1.82) is 0 Å². The van der Waals surface area contributed by atoms with Crippen molar-refractivity contribution in [1.82, 2.24) is 0 Å². The number of carbonyl (C=O) groups is 1. The molecule has 0 aliphatic rings. The summed E-state index contributed by atoms with van der Waals surface area (Å²) in [5, 5.41) is 0. The molecular weight excluding hydrogens is 227 g/mol. The summed E-state index contributed by atoms with van der Waals surface area (Å²) in [4.78, 5) is 10.3. The van der Waals surface area contributed by atoms with Gasteiger partial charge in [-0.2, -0.15) is 0 Å². The van der Waals surface area contributed by atoms with Crippen LogP contribution in [-0.2, 0) is 9.53 Å². The Hall–Kier alpha value is 1.29. The topological polar surface area (TPSA) is 56.3 Å². The average molecular weight is 234 g/mol. The van der Waals surface area contributed by atoms with Crippen molar-refractivity contribution < 1.29 is 66.4 Å². The summed E-state index contributed by atoms with van der Waals surface area (Å²) in [5.41, 5.74) is 0. The summed E-state index contributed by atoms with van der Waals surface area (Å²) in [6.45, 7) is 7.05. The molecule has 0 aromatic carbocycles. The number of halogens is 1. The molecule has 3 nitrogen and oxygen atoms in total.